The van der Waals surface area contributed by atoms with Crippen LogP contribution in [0, 0.1) is 13.8 Å². The second kappa shape index (κ2) is 8.87. The second-order valence-corrected chi connectivity index (χ2v) is 6.71. The highest BCUT2D eigenvalue weighted by Crippen LogP contribution is 2.25. The Balaban J connectivity index is 2.40. The first kappa shape index (κ1) is 21.4. The van der Waals surface area contributed by atoms with Gasteiger partial charge < -0.3 is 14.2 Å². The van der Waals surface area contributed by atoms with E-state index >= 15 is 0 Å². The lowest BCUT2D eigenvalue weighted by molar-refractivity contribution is 0.0513. The lowest BCUT2D eigenvalue weighted by atomic mass is 9.99. The first-order valence-electron chi connectivity index (χ1n) is 9.49. The zero-order chi connectivity index (χ0) is 21.0. The zero-order valence-corrected chi connectivity index (χ0v) is 17.4. The molecule has 6 heteroatoms. The summed E-state index contributed by atoms with van der Waals surface area (Å²) < 4.78 is 6.81. The van der Waals surface area contributed by atoms with Crippen molar-refractivity contribution in [2.75, 3.05) is 13.2 Å². The quantitative estimate of drug-likeness (QED) is 0.541. The van der Waals surface area contributed by atoms with Gasteiger partial charge in [-0.3, -0.25) is 9.59 Å². The van der Waals surface area contributed by atoms with Gasteiger partial charge in [-0.1, -0.05) is 18.2 Å². The highest BCUT2D eigenvalue weighted by atomic mass is 16.5. The second-order valence-electron chi connectivity index (χ2n) is 6.71. The van der Waals surface area contributed by atoms with E-state index in [9.17, 15) is 14.4 Å². The number of hydrogen-bond acceptors (Lipinski definition) is 4. The average Bonchev–Trinajstić information content (AvgIpc) is 2.91. The van der Waals surface area contributed by atoms with Crippen LogP contribution in [-0.2, 0) is 11.8 Å². The number of hydrogen-bond donors (Lipinski definition) is 0. The highest BCUT2D eigenvalue weighted by Gasteiger charge is 2.32. The van der Waals surface area contributed by atoms with Crippen LogP contribution in [0.15, 0.2) is 30.3 Å². The molecule has 0 radical (unpaired) electrons. The van der Waals surface area contributed by atoms with Crippen LogP contribution in [0.5, 0.6) is 0 Å². The Labute approximate surface area is 166 Å². The fourth-order valence-electron chi connectivity index (χ4n) is 3.52. The molecular formula is C22H28N2O4. The maximum atomic E-state index is 13.3. The first-order chi connectivity index (χ1) is 13.3. The predicted molar refractivity (Wildman–Crippen MR) is 108 cm³/mol. The Morgan fingerprint density at radius 1 is 1.11 bits per heavy atom. The van der Waals surface area contributed by atoms with Crippen LogP contribution in [-0.4, -0.2) is 46.3 Å². The molecule has 1 unspecified atom stereocenters. The Morgan fingerprint density at radius 3 is 2.25 bits per heavy atom. The third-order valence-electron chi connectivity index (χ3n) is 5.11. The van der Waals surface area contributed by atoms with Crippen molar-refractivity contribution in [1.82, 2.24) is 9.47 Å². The van der Waals surface area contributed by atoms with E-state index in [0.717, 1.165) is 0 Å². The fourth-order valence-corrected chi connectivity index (χ4v) is 3.52. The van der Waals surface area contributed by atoms with Gasteiger partial charge >= 0.3 is 5.97 Å². The molecule has 0 N–H and O–H groups in total. The van der Waals surface area contributed by atoms with Gasteiger partial charge in [0.1, 0.15) is 5.69 Å². The lowest BCUT2D eigenvalue weighted by Crippen LogP contribution is -2.43. The van der Waals surface area contributed by atoms with Gasteiger partial charge in [-0.05, 0) is 52.3 Å². The van der Waals surface area contributed by atoms with Crippen molar-refractivity contribution in [1.29, 1.82) is 0 Å². The Morgan fingerprint density at radius 2 is 1.71 bits per heavy atom. The highest BCUT2D eigenvalue weighted by molar-refractivity contribution is 6.07. The number of amides is 1. The van der Waals surface area contributed by atoms with Crippen LogP contribution in [0.25, 0.3) is 0 Å². The summed E-state index contributed by atoms with van der Waals surface area (Å²) in [5, 5.41) is 0. The smallest absolute Gasteiger partial charge is 0.355 e. The number of Topliss-reactive ketones (excluding diaryl/α,β-unsaturated/α-hetero) is 1. The summed E-state index contributed by atoms with van der Waals surface area (Å²) in [5.41, 5.74) is 2.64. The van der Waals surface area contributed by atoms with Crippen LogP contribution < -0.4 is 0 Å². The van der Waals surface area contributed by atoms with Gasteiger partial charge in [0.2, 0.25) is 0 Å². The molecule has 28 heavy (non-hydrogen) atoms. The molecule has 6 nitrogen and oxygen atoms in total. The van der Waals surface area contributed by atoms with Crippen LogP contribution in [0.4, 0.5) is 0 Å². The SMILES string of the molecule is CCOC(=O)c1c(C)c(C(=O)C(C)N(CC)C(=O)c2ccccc2)c(C)n1C. The standard InChI is InChI=1S/C22H28N2O4/c1-7-24(21(26)17-12-10-9-11-13-17)16(5)20(25)18-14(3)19(22(27)28-8-2)23(6)15(18)4/h9-13,16H,7-8H2,1-6H3. The van der Waals surface area contributed by atoms with Crippen molar-refractivity contribution in [2.24, 2.45) is 7.05 Å². The molecule has 0 aliphatic carbocycles. The van der Waals surface area contributed by atoms with Crippen molar-refractivity contribution in [3.8, 4) is 0 Å². The van der Waals surface area contributed by atoms with Crippen molar-refractivity contribution in [3.05, 3.63) is 58.4 Å². The summed E-state index contributed by atoms with van der Waals surface area (Å²) in [4.78, 5) is 40.0. The van der Waals surface area contributed by atoms with E-state index in [0.29, 0.717) is 34.6 Å². The molecule has 1 aromatic carbocycles. The van der Waals surface area contributed by atoms with Crippen molar-refractivity contribution < 1.29 is 19.1 Å². The number of carbonyl (C=O) groups is 3. The minimum atomic E-state index is -0.660. The molecule has 1 heterocycles. The van der Waals surface area contributed by atoms with Crippen LogP contribution in [0.1, 0.15) is 63.2 Å². The number of ketones is 1. The minimum Gasteiger partial charge on any atom is -0.461 e. The Hall–Kier alpha value is -2.89. The molecule has 0 saturated carbocycles. The van der Waals surface area contributed by atoms with E-state index in [-0.39, 0.29) is 18.3 Å². The molecule has 0 spiro atoms. The van der Waals surface area contributed by atoms with Gasteiger partial charge in [0.15, 0.2) is 5.78 Å². The summed E-state index contributed by atoms with van der Waals surface area (Å²) in [5.74, 6) is -0.835. The molecule has 0 fully saturated rings. The van der Waals surface area contributed by atoms with E-state index in [1.54, 1.807) is 68.5 Å². The number of ether oxygens (including phenoxy) is 1. The molecule has 0 saturated heterocycles. The number of carbonyl (C=O) groups excluding carboxylic acids is 3. The summed E-state index contributed by atoms with van der Waals surface area (Å²) in [6.07, 6.45) is 0. The third kappa shape index (κ3) is 3.86. The number of esters is 1. The number of aromatic nitrogens is 1. The lowest BCUT2D eigenvalue weighted by Gasteiger charge is -2.27. The Bertz CT molecular complexity index is 884. The van der Waals surface area contributed by atoms with Gasteiger partial charge in [0, 0.05) is 30.4 Å². The van der Waals surface area contributed by atoms with Gasteiger partial charge in [0.05, 0.1) is 12.6 Å². The maximum absolute atomic E-state index is 13.3. The topological polar surface area (TPSA) is 68.6 Å². The summed E-state index contributed by atoms with van der Waals surface area (Å²) in [6.45, 7) is 9.51. The Kier molecular flexibility index (Phi) is 6.78. The van der Waals surface area contributed by atoms with Gasteiger partial charge in [-0.2, -0.15) is 0 Å². The van der Waals surface area contributed by atoms with Crippen molar-refractivity contribution in [3.63, 3.8) is 0 Å². The number of benzene rings is 1. The molecular weight excluding hydrogens is 356 g/mol. The largest absolute Gasteiger partial charge is 0.461 e. The fraction of sp³-hybridized carbons (Fsp3) is 0.409. The summed E-state index contributed by atoms with van der Waals surface area (Å²) in [6, 6.07) is 8.25. The van der Waals surface area contributed by atoms with Gasteiger partial charge in [-0.25, -0.2) is 4.79 Å². The summed E-state index contributed by atoms with van der Waals surface area (Å²) in [7, 11) is 1.74. The molecule has 2 rings (SSSR count). The van der Waals surface area contributed by atoms with Crippen LogP contribution in [0.3, 0.4) is 0 Å². The molecule has 0 bridgehead atoms. The molecule has 0 aliphatic rings. The first-order valence-corrected chi connectivity index (χ1v) is 9.49. The summed E-state index contributed by atoms with van der Waals surface area (Å²) >= 11 is 0. The van der Waals surface area contributed by atoms with Crippen LogP contribution >= 0.6 is 0 Å². The van der Waals surface area contributed by atoms with Gasteiger partial charge in [-0.15, -0.1) is 0 Å². The molecule has 1 atom stereocenters. The molecule has 1 amide bonds. The molecule has 0 aliphatic heterocycles. The van der Waals surface area contributed by atoms with E-state index in [4.69, 9.17) is 4.74 Å². The molecule has 150 valence electrons. The van der Waals surface area contributed by atoms with E-state index in [1.165, 1.54) is 0 Å². The number of nitrogens with zero attached hydrogens (tertiary/aromatic N) is 2. The van der Waals surface area contributed by atoms with E-state index < -0.39 is 12.0 Å². The van der Waals surface area contributed by atoms with E-state index in [1.807, 2.05) is 13.0 Å². The number of rotatable bonds is 7. The van der Waals surface area contributed by atoms with Crippen LogP contribution in [0.2, 0.25) is 0 Å². The third-order valence-corrected chi connectivity index (χ3v) is 5.11. The maximum Gasteiger partial charge on any atom is 0.355 e. The number of likely N-dealkylation sites (N-methyl/N-ethyl adjacent to an activating group) is 1. The predicted octanol–water partition coefficient (Wildman–Crippen LogP) is 3.55. The minimum absolute atomic E-state index is 0.188. The van der Waals surface area contributed by atoms with Gasteiger partial charge in [0.25, 0.3) is 5.91 Å². The normalized spacial score (nSPS) is 11.8. The van der Waals surface area contributed by atoms with Crippen molar-refractivity contribution in [2.45, 2.75) is 40.7 Å². The van der Waals surface area contributed by atoms with Crippen molar-refractivity contribution >= 4 is 17.7 Å². The molecule has 2 aromatic rings. The average molecular weight is 384 g/mol. The zero-order valence-electron chi connectivity index (χ0n) is 17.4. The monoisotopic (exact) mass is 384 g/mol. The molecule has 1 aromatic heterocycles. The van der Waals surface area contributed by atoms with E-state index in [2.05, 4.69) is 0 Å².